The molecule has 1 atom stereocenters. The number of nitriles is 1. The average molecular weight is 320 g/mol. The Morgan fingerprint density at radius 2 is 1.96 bits per heavy atom. The van der Waals surface area contributed by atoms with Crippen molar-refractivity contribution in [1.29, 1.82) is 5.26 Å². The molecule has 1 aliphatic heterocycles. The maximum atomic E-state index is 8.89. The molecule has 1 aromatic carbocycles. The van der Waals surface area contributed by atoms with E-state index in [9.17, 15) is 0 Å². The molecule has 1 N–H and O–H groups in total. The van der Waals surface area contributed by atoms with Crippen LogP contribution in [0, 0.1) is 11.3 Å². The van der Waals surface area contributed by atoms with E-state index in [-0.39, 0.29) is 0 Å². The highest BCUT2D eigenvalue weighted by atomic mass is 15.1. The number of nitrogens with one attached hydrogen (secondary N) is 1. The molecule has 124 valence electrons. The number of aromatic nitrogens is 1. The Morgan fingerprint density at radius 1 is 1.21 bits per heavy atom. The summed E-state index contributed by atoms with van der Waals surface area (Å²) in [5, 5.41) is 12.6. The Hall–Kier alpha value is -2.38. The van der Waals surface area contributed by atoms with Crippen LogP contribution in [0.25, 0.3) is 0 Å². The Bertz CT molecular complexity index is 667. The summed E-state index contributed by atoms with van der Waals surface area (Å²) in [6.07, 6.45) is 5.12. The van der Waals surface area contributed by atoms with Crippen LogP contribution in [0.5, 0.6) is 0 Å². The first-order chi connectivity index (χ1) is 11.7. The SMILES string of the molecule is CC(Cc1ccccn1)NC1CCN(c2ccc(C#N)cc2)CC1. The fourth-order valence-electron chi connectivity index (χ4n) is 3.35. The van der Waals surface area contributed by atoms with Gasteiger partial charge in [-0.3, -0.25) is 4.98 Å². The second-order valence-electron chi connectivity index (χ2n) is 6.51. The van der Waals surface area contributed by atoms with E-state index in [1.165, 1.54) is 5.69 Å². The third kappa shape index (κ3) is 4.33. The van der Waals surface area contributed by atoms with Crippen molar-refractivity contribution in [1.82, 2.24) is 10.3 Å². The highest BCUT2D eigenvalue weighted by Crippen LogP contribution is 2.20. The predicted octanol–water partition coefficient (Wildman–Crippen LogP) is 3.14. The van der Waals surface area contributed by atoms with Gasteiger partial charge in [0.25, 0.3) is 0 Å². The van der Waals surface area contributed by atoms with Crippen molar-refractivity contribution >= 4 is 5.69 Å². The van der Waals surface area contributed by atoms with Gasteiger partial charge in [-0.2, -0.15) is 5.26 Å². The van der Waals surface area contributed by atoms with Gasteiger partial charge in [0, 0.05) is 49.2 Å². The van der Waals surface area contributed by atoms with Crippen molar-refractivity contribution < 1.29 is 0 Å². The van der Waals surface area contributed by atoms with Gasteiger partial charge in [0.1, 0.15) is 0 Å². The van der Waals surface area contributed by atoms with Crippen molar-refractivity contribution in [3.8, 4) is 6.07 Å². The molecule has 0 aliphatic carbocycles. The highest BCUT2D eigenvalue weighted by molar-refractivity contribution is 5.50. The molecule has 0 amide bonds. The molecule has 0 radical (unpaired) electrons. The summed E-state index contributed by atoms with van der Waals surface area (Å²) < 4.78 is 0. The fraction of sp³-hybridized carbons (Fsp3) is 0.400. The summed E-state index contributed by atoms with van der Waals surface area (Å²) in [7, 11) is 0. The van der Waals surface area contributed by atoms with Gasteiger partial charge >= 0.3 is 0 Å². The molecule has 1 saturated heterocycles. The van der Waals surface area contributed by atoms with Gasteiger partial charge in [0.15, 0.2) is 0 Å². The molecule has 4 nitrogen and oxygen atoms in total. The minimum Gasteiger partial charge on any atom is -0.371 e. The van der Waals surface area contributed by atoms with E-state index in [0.717, 1.165) is 43.6 Å². The van der Waals surface area contributed by atoms with E-state index in [1.807, 2.05) is 30.5 Å². The summed E-state index contributed by atoms with van der Waals surface area (Å²) in [4.78, 5) is 6.81. The minimum atomic E-state index is 0.436. The normalized spacial score (nSPS) is 16.6. The molecule has 1 aliphatic rings. The van der Waals surface area contributed by atoms with Gasteiger partial charge in [0.2, 0.25) is 0 Å². The van der Waals surface area contributed by atoms with Crippen LogP contribution < -0.4 is 10.2 Å². The van der Waals surface area contributed by atoms with E-state index in [1.54, 1.807) is 0 Å². The van der Waals surface area contributed by atoms with E-state index >= 15 is 0 Å². The lowest BCUT2D eigenvalue weighted by Crippen LogP contribution is -2.46. The molecule has 0 bridgehead atoms. The molecule has 4 heteroatoms. The zero-order valence-electron chi connectivity index (χ0n) is 14.2. The number of anilines is 1. The van der Waals surface area contributed by atoms with E-state index in [4.69, 9.17) is 5.26 Å². The van der Waals surface area contributed by atoms with Gasteiger partial charge in [-0.1, -0.05) is 6.07 Å². The fourth-order valence-corrected chi connectivity index (χ4v) is 3.35. The number of hydrogen-bond acceptors (Lipinski definition) is 4. The zero-order chi connectivity index (χ0) is 16.8. The Kier molecular flexibility index (Phi) is 5.45. The third-order valence-corrected chi connectivity index (χ3v) is 4.62. The largest absolute Gasteiger partial charge is 0.371 e. The molecule has 24 heavy (non-hydrogen) atoms. The van der Waals surface area contributed by atoms with Crippen LogP contribution in [0.4, 0.5) is 5.69 Å². The topological polar surface area (TPSA) is 52.0 Å². The summed E-state index contributed by atoms with van der Waals surface area (Å²) in [6.45, 7) is 4.35. The van der Waals surface area contributed by atoms with Crippen molar-refractivity contribution in [2.45, 2.75) is 38.3 Å². The smallest absolute Gasteiger partial charge is 0.0991 e. The molecular formula is C20H24N4. The quantitative estimate of drug-likeness (QED) is 0.919. The van der Waals surface area contributed by atoms with Crippen LogP contribution in [-0.4, -0.2) is 30.2 Å². The van der Waals surface area contributed by atoms with Gasteiger partial charge < -0.3 is 10.2 Å². The highest BCUT2D eigenvalue weighted by Gasteiger charge is 2.20. The number of rotatable bonds is 5. The molecule has 1 unspecified atom stereocenters. The van der Waals surface area contributed by atoms with Crippen molar-refractivity contribution in [2.75, 3.05) is 18.0 Å². The second kappa shape index (κ2) is 7.94. The van der Waals surface area contributed by atoms with Crippen molar-refractivity contribution in [2.24, 2.45) is 0 Å². The van der Waals surface area contributed by atoms with Gasteiger partial charge in [-0.05, 0) is 56.2 Å². The Morgan fingerprint density at radius 3 is 2.58 bits per heavy atom. The van der Waals surface area contributed by atoms with Crippen molar-refractivity contribution in [3.05, 3.63) is 59.9 Å². The minimum absolute atomic E-state index is 0.436. The first-order valence-corrected chi connectivity index (χ1v) is 8.65. The lowest BCUT2D eigenvalue weighted by molar-refractivity contribution is 0.374. The summed E-state index contributed by atoms with van der Waals surface area (Å²) >= 11 is 0. The molecular weight excluding hydrogens is 296 g/mol. The number of benzene rings is 1. The summed E-state index contributed by atoms with van der Waals surface area (Å²) in [6, 6.07) is 17.2. The second-order valence-corrected chi connectivity index (χ2v) is 6.51. The lowest BCUT2D eigenvalue weighted by Gasteiger charge is -2.35. The molecule has 1 fully saturated rings. The molecule has 0 saturated carbocycles. The van der Waals surface area contributed by atoms with Crippen LogP contribution in [0.2, 0.25) is 0 Å². The van der Waals surface area contributed by atoms with E-state index < -0.39 is 0 Å². The lowest BCUT2D eigenvalue weighted by atomic mass is 10.0. The number of hydrogen-bond donors (Lipinski definition) is 1. The van der Waals surface area contributed by atoms with Gasteiger partial charge in [0.05, 0.1) is 11.6 Å². The number of nitrogens with zero attached hydrogens (tertiary/aromatic N) is 3. The van der Waals surface area contributed by atoms with E-state index in [2.05, 4.69) is 46.4 Å². The summed E-state index contributed by atoms with van der Waals surface area (Å²) in [5.41, 5.74) is 3.08. The van der Waals surface area contributed by atoms with Crippen LogP contribution in [0.15, 0.2) is 48.7 Å². The van der Waals surface area contributed by atoms with Crippen LogP contribution in [0.3, 0.4) is 0 Å². The maximum Gasteiger partial charge on any atom is 0.0991 e. The molecule has 2 heterocycles. The van der Waals surface area contributed by atoms with Crippen LogP contribution >= 0.6 is 0 Å². The average Bonchev–Trinajstić information content (AvgIpc) is 2.63. The first-order valence-electron chi connectivity index (χ1n) is 8.65. The van der Waals surface area contributed by atoms with Crippen LogP contribution in [0.1, 0.15) is 31.0 Å². The monoisotopic (exact) mass is 320 g/mol. The molecule has 2 aromatic rings. The molecule has 1 aromatic heterocycles. The Balaban J connectivity index is 1.47. The van der Waals surface area contributed by atoms with Crippen molar-refractivity contribution in [3.63, 3.8) is 0 Å². The van der Waals surface area contributed by atoms with E-state index in [0.29, 0.717) is 12.1 Å². The number of piperidine rings is 1. The predicted molar refractivity (Wildman–Crippen MR) is 96.9 cm³/mol. The third-order valence-electron chi connectivity index (χ3n) is 4.62. The molecule has 0 spiro atoms. The van der Waals surface area contributed by atoms with Gasteiger partial charge in [-0.15, -0.1) is 0 Å². The van der Waals surface area contributed by atoms with Gasteiger partial charge in [-0.25, -0.2) is 0 Å². The maximum absolute atomic E-state index is 8.89. The summed E-state index contributed by atoms with van der Waals surface area (Å²) in [5.74, 6) is 0. The first kappa shape index (κ1) is 16.5. The Labute approximate surface area is 144 Å². The standard InChI is InChI=1S/C20H24N4/c1-16(14-19-4-2-3-11-22-19)23-18-9-12-24(13-10-18)20-7-5-17(15-21)6-8-20/h2-8,11,16,18,23H,9-10,12-14H2,1H3. The number of pyridine rings is 1. The van der Waals surface area contributed by atoms with Crippen LogP contribution in [-0.2, 0) is 6.42 Å². The molecule has 3 rings (SSSR count). The zero-order valence-corrected chi connectivity index (χ0v) is 14.2.